The summed E-state index contributed by atoms with van der Waals surface area (Å²) in [5.74, 6) is 1.54. The Labute approximate surface area is 161 Å². The maximum Gasteiger partial charge on any atom is 0.352 e. The van der Waals surface area contributed by atoms with Gasteiger partial charge in [0.15, 0.2) is 0 Å². The third-order valence-corrected chi connectivity index (χ3v) is 4.79. The van der Waals surface area contributed by atoms with E-state index in [0.717, 1.165) is 47.7 Å². The molecule has 1 aliphatic heterocycles. The Balaban J connectivity index is 1.45. The summed E-state index contributed by atoms with van der Waals surface area (Å²) in [6.07, 6.45) is 3.94. The highest BCUT2D eigenvalue weighted by molar-refractivity contribution is 5.75. The van der Waals surface area contributed by atoms with Crippen LogP contribution in [0.15, 0.2) is 41.3 Å². The summed E-state index contributed by atoms with van der Waals surface area (Å²) in [4.78, 5) is 31.4. The van der Waals surface area contributed by atoms with E-state index in [2.05, 4.69) is 20.3 Å². The van der Waals surface area contributed by atoms with Crippen LogP contribution in [-0.2, 0) is 17.9 Å². The molecule has 0 saturated carbocycles. The molecule has 3 heterocycles. The molecular formula is C19H22N6O3. The van der Waals surface area contributed by atoms with Gasteiger partial charge in [0, 0.05) is 25.8 Å². The molecule has 3 aromatic rings. The van der Waals surface area contributed by atoms with Gasteiger partial charge in [-0.2, -0.15) is 4.98 Å². The van der Waals surface area contributed by atoms with E-state index >= 15 is 0 Å². The van der Waals surface area contributed by atoms with Crippen molar-refractivity contribution in [3.63, 3.8) is 0 Å². The van der Waals surface area contributed by atoms with Gasteiger partial charge in [-0.25, -0.2) is 13.9 Å². The Morgan fingerprint density at radius 2 is 2.07 bits per heavy atom. The van der Waals surface area contributed by atoms with Gasteiger partial charge in [-0.05, 0) is 36.6 Å². The van der Waals surface area contributed by atoms with Crippen molar-refractivity contribution in [2.24, 2.45) is 0 Å². The highest BCUT2D eigenvalue weighted by Crippen LogP contribution is 2.17. The number of fused-ring (bicyclic) bond motifs is 1. The average Bonchev–Trinajstić information content (AvgIpc) is 3.35. The predicted octanol–water partition coefficient (Wildman–Crippen LogP) is 0.816. The second kappa shape index (κ2) is 7.71. The molecule has 0 spiro atoms. The van der Waals surface area contributed by atoms with Gasteiger partial charge in [-0.15, -0.1) is 5.10 Å². The topological polar surface area (TPSA) is 93.8 Å². The number of amides is 1. The molecule has 0 atom stereocenters. The van der Waals surface area contributed by atoms with Crippen LogP contribution in [0.5, 0.6) is 5.75 Å². The smallest absolute Gasteiger partial charge is 0.352 e. The number of nitrogens with one attached hydrogen (secondary N) is 1. The van der Waals surface area contributed by atoms with Crippen LogP contribution < -0.4 is 20.6 Å². The Morgan fingerprint density at radius 1 is 1.25 bits per heavy atom. The summed E-state index contributed by atoms with van der Waals surface area (Å²) in [5, 5.41) is 7.01. The number of nitrogens with zero attached hydrogens (tertiary/aromatic N) is 5. The first-order valence-electron chi connectivity index (χ1n) is 9.25. The van der Waals surface area contributed by atoms with E-state index in [1.165, 1.54) is 4.40 Å². The van der Waals surface area contributed by atoms with Crippen molar-refractivity contribution < 1.29 is 9.53 Å². The second-order valence-corrected chi connectivity index (χ2v) is 6.72. The summed E-state index contributed by atoms with van der Waals surface area (Å²) in [5.41, 5.74) is 0.527. The van der Waals surface area contributed by atoms with Crippen LogP contribution in [0.1, 0.15) is 18.4 Å². The number of ether oxygens (including phenoxy) is 1. The molecule has 9 nitrogen and oxygen atoms in total. The van der Waals surface area contributed by atoms with Crippen molar-refractivity contribution in [1.82, 2.24) is 24.5 Å². The monoisotopic (exact) mass is 382 g/mol. The fourth-order valence-electron chi connectivity index (χ4n) is 3.30. The highest BCUT2D eigenvalue weighted by Gasteiger charge is 2.16. The van der Waals surface area contributed by atoms with Crippen LogP contribution in [0.25, 0.3) is 5.78 Å². The van der Waals surface area contributed by atoms with Crippen molar-refractivity contribution in [2.75, 3.05) is 25.1 Å². The molecular weight excluding hydrogens is 360 g/mol. The second-order valence-electron chi connectivity index (χ2n) is 6.72. The van der Waals surface area contributed by atoms with Gasteiger partial charge in [0.05, 0.1) is 7.11 Å². The minimum absolute atomic E-state index is 0.161. The molecule has 0 radical (unpaired) electrons. The first kappa shape index (κ1) is 18.0. The largest absolute Gasteiger partial charge is 0.497 e. The molecule has 1 N–H and O–H groups in total. The number of anilines is 1. The minimum Gasteiger partial charge on any atom is -0.497 e. The Kier molecular flexibility index (Phi) is 4.96. The average molecular weight is 382 g/mol. The molecule has 1 fully saturated rings. The van der Waals surface area contributed by atoms with Crippen LogP contribution in [-0.4, -0.2) is 45.3 Å². The zero-order chi connectivity index (χ0) is 19.5. The fraction of sp³-hybridized carbons (Fsp3) is 0.368. The van der Waals surface area contributed by atoms with Gasteiger partial charge < -0.3 is 15.0 Å². The molecule has 9 heteroatoms. The SMILES string of the molecule is COc1cccc(CNC(=O)Cn2nc3nc(N4CCCC4)ccn3c2=O)c1. The Morgan fingerprint density at radius 3 is 2.86 bits per heavy atom. The normalized spacial score (nSPS) is 13.8. The maximum absolute atomic E-state index is 12.5. The van der Waals surface area contributed by atoms with Gasteiger partial charge in [0.25, 0.3) is 5.78 Å². The molecule has 1 saturated heterocycles. The number of methoxy groups -OCH3 is 1. The first-order valence-corrected chi connectivity index (χ1v) is 9.25. The standard InChI is InChI=1S/C19H22N6O3/c1-28-15-6-4-5-14(11-15)12-20-17(26)13-25-19(27)24-10-7-16(21-18(24)22-25)23-8-2-3-9-23/h4-7,10-11H,2-3,8-9,12-13H2,1H3,(H,20,26). The third kappa shape index (κ3) is 3.68. The van der Waals surface area contributed by atoms with E-state index in [9.17, 15) is 9.59 Å². The molecule has 146 valence electrons. The molecule has 4 rings (SSSR count). The van der Waals surface area contributed by atoms with Crippen LogP contribution in [0.4, 0.5) is 5.82 Å². The molecule has 2 aromatic heterocycles. The van der Waals surface area contributed by atoms with Crippen molar-refractivity contribution in [2.45, 2.75) is 25.9 Å². The summed E-state index contributed by atoms with van der Waals surface area (Å²) in [6.45, 7) is 2.10. The molecule has 1 amide bonds. The van der Waals surface area contributed by atoms with E-state index in [1.54, 1.807) is 13.3 Å². The highest BCUT2D eigenvalue weighted by atomic mass is 16.5. The number of hydrogen-bond donors (Lipinski definition) is 1. The molecule has 28 heavy (non-hydrogen) atoms. The summed E-state index contributed by atoms with van der Waals surface area (Å²) in [6, 6.07) is 9.25. The van der Waals surface area contributed by atoms with Gasteiger partial charge in [0.1, 0.15) is 18.1 Å². The molecule has 0 aliphatic carbocycles. The lowest BCUT2D eigenvalue weighted by Crippen LogP contribution is -2.32. The van der Waals surface area contributed by atoms with Crippen molar-refractivity contribution >= 4 is 17.5 Å². The van der Waals surface area contributed by atoms with Gasteiger partial charge >= 0.3 is 5.69 Å². The lowest BCUT2D eigenvalue weighted by molar-refractivity contribution is -0.122. The first-order chi connectivity index (χ1) is 13.6. The fourth-order valence-corrected chi connectivity index (χ4v) is 3.30. The summed E-state index contributed by atoms with van der Waals surface area (Å²) < 4.78 is 7.66. The van der Waals surface area contributed by atoms with Crippen molar-refractivity contribution in [1.29, 1.82) is 0 Å². The molecule has 1 aliphatic rings. The van der Waals surface area contributed by atoms with Gasteiger partial charge in [0.2, 0.25) is 5.91 Å². The van der Waals surface area contributed by atoms with Crippen LogP contribution in [0.2, 0.25) is 0 Å². The van der Waals surface area contributed by atoms with Crippen LogP contribution in [0.3, 0.4) is 0 Å². The van der Waals surface area contributed by atoms with Gasteiger partial charge in [-0.3, -0.25) is 4.79 Å². The number of benzene rings is 1. The number of aromatic nitrogens is 4. The Bertz CT molecular complexity index is 1050. The predicted molar refractivity (Wildman–Crippen MR) is 104 cm³/mol. The quantitative estimate of drug-likeness (QED) is 0.678. The van der Waals surface area contributed by atoms with Crippen LogP contribution in [0, 0.1) is 0 Å². The zero-order valence-electron chi connectivity index (χ0n) is 15.7. The zero-order valence-corrected chi connectivity index (χ0v) is 15.7. The number of carbonyl (C=O) groups is 1. The van der Waals surface area contributed by atoms with E-state index in [-0.39, 0.29) is 18.1 Å². The van der Waals surface area contributed by atoms with E-state index in [4.69, 9.17) is 4.74 Å². The lowest BCUT2D eigenvalue weighted by atomic mass is 10.2. The lowest BCUT2D eigenvalue weighted by Gasteiger charge is -2.15. The van der Waals surface area contributed by atoms with Gasteiger partial charge in [-0.1, -0.05) is 12.1 Å². The third-order valence-electron chi connectivity index (χ3n) is 4.79. The van der Waals surface area contributed by atoms with Crippen molar-refractivity contribution in [3.05, 3.63) is 52.6 Å². The van der Waals surface area contributed by atoms with Crippen molar-refractivity contribution in [3.8, 4) is 5.75 Å². The minimum atomic E-state index is -0.382. The van der Waals surface area contributed by atoms with Crippen LogP contribution >= 0.6 is 0 Å². The molecule has 0 unspecified atom stereocenters. The van der Waals surface area contributed by atoms with E-state index < -0.39 is 0 Å². The molecule has 1 aromatic carbocycles. The van der Waals surface area contributed by atoms with E-state index in [0.29, 0.717) is 12.3 Å². The summed E-state index contributed by atoms with van der Waals surface area (Å²) >= 11 is 0. The number of carbonyl (C=O) groups excluding carboxylic acids is 1. The van der Waals surface area contributed by atoms with E-state index in [1.807, 2.05) is 30.3 Å². The Hall–Kier alpha value is -3.36. The summed E-state index contributed by atoms with van der Waals surface area (Å²) in [7, 11) is 1.59. The maximum atomic E-state index is 12.5. The molecule has 0 bridgehead atoms. The number of hydrogen-bond acceptors (Lipinski definition) is 6. The number of rotatable bonds is 6.